The van der Waals surface area contributed by atoms with Crippen molar-refractivity contribution in [2.24, 2.45) is 4.99 Å². The zero-order chi connectivity index (χ0) is 26.5. The van der Waals surface area contributed by atoms with Gasteiger partial charge in [0.1, 0.15) is 17.5 Å². The molecule has 3 amide bonds. The van der Waals surface area contributed by atoms with Gasteiger partial charge in [0.2, 0.25) is 12.1 Å². The van der Waals surface area contributed by atoms with Gasteiger partial charge in [-0.25, -0.2) is 4.99 Å². The fourth-order valence-corrected chi connectivity index (χ4v) is 3.88. The summed E-state index contributed by atoms with van der Waals surface area (Å²) in [4.78, 5) is 45.0. The Bertz CT molecular complexity index is 1320. The number of nitrogens with one attached hydrogen (secondary N) is 2. The minimum atomic E-state index is -1.19. The second kappa shape index (κ2) is 10.9. The summed E-state index contributed by atoms with van der Waals surface area (Å²) in [6.07, 6.45) is -2.09. The number of likely N-dealkylation sites (N-methyl/N-ethyl adjacent to an activating group) is 1. The number of phenolic OH excluding ortho intramolecular Hbond substituents is 1. The van der Waals surface area contributed by atoms with Crippen LogP contribution >= 0.6 is 0 Å². The second-order valence-corrected chi connectivity index (χ2v) is 8.65. The minimum absolute atomic E-state index is 0.0784. The van der Waals surface area contributed by atoms with Gasteiger partial charge in [-0.1, -0.05) is 48.5 Å². The topological polar surface area (TPSA) is 120 Å². The third-order valence-corrected chi connectivity index (χ3v) is 5.94. The molecule has 0 fully saturated rings. The van der Waals surface area contributed by atoms with Crippen LogP contribution in [-0.4, -0.2) is 53.9 Å². The molecule has 3 N–H and O–H groups in total. The van der Waals surface area contributed by atoms with E-state index in [4.69, 9.17) is 4.74 Å². The molecule has 0 saturated heterocycles. The number of ether oxygens (including phenoxy) is 1. The van der Waals surface area contributed by atoms with Crippen molar-refractivity contribution in [3.05, 3.63) is 90.0 Å². The molecule has 2 unspecified atom stereocenters. The first-order valence-electron chi connectivity index (χ1n) is 11.8. The van der Waals surface area contributed by atoms with Gasteiger partial charge in [0.05, 0.1) is 11.4 Å². The van der Waals surface area contributed by atoms with Crippen LogP contribution in [0, 0.1) is 0 Å². The van der Waals surface area contributed by atoms with Gasteiger partial charge in [0.15, 0.2) is 6.10 Å². The molecule has 3 aromatic rings. The minimum Gasteiger partial charge on any atom is -0.508 e. The third-order valence-electron chi connectivity index (χ3n) is 5.94. The molecule has 0 spiro atoms. The van der Waals surface area contributed by atoms with Crippen LogP contribution in [0.4, 0.5) is 5.69 Å². The van der Waals surface area contributed by atoms with E-state index in [9.17, 15) is 19.5 Å². The number of rotatable bonds is 7. The number of hydrogen-bond donors (Lipinski definition) is 3. The number of para-hydroxylation sites is 1. The van der Waals surface area contributed by atoms with E-state index in [1.807, 2.05) is 54.6 Å². The molecule has 3 aromatic carbocycles. The summed E-state index contributed by atoms with van der Waals surface area (Å²) in [5.74, 6) is -1.02. The molecule has 9 heteroatoms. The molecular weight excluding hydrogens is 472 g/mol. The molecule has 0 saturated carbocycles. The third kappa shape index (κ3) is 5.78. The standard InChI is InChI=1S/C28H28N4O5/c1-17(29-27(35)18(2)37-21-15-13-20(33)14-16-21)26(34)31-25-28(36)32(3)23-12-8-7-11-22(23)24(30-25)19-9-5-4-6-10-19/h4-18,25,33H,1-3H3,(H,29,35)(H,31,34)/t17-,18?,25?/m0/s1. The van der Waals surface area contributed by atoms with Crippen molar-refractivity contribution in [2.45, 2.75) is 32.2 Å². The predicted octanol–water partition coefficient (Wildman–Crippen LogP) is 2.62. The summed E-state index contributed by atoms with van der Waals surface area (Å²) in [7, 11) is 1.64. The monoisotopic (exact) mass is 500 g/mol. The lowest BCUT2D eigenvalue weighted by molar-refractivity contribution is -0.133. The van der Waals surface area contributed by atoms with Gasteiger partial charge in [0, 0.05) is 18.2 Å². The van der Waals surface area contributed by atoms with E-state index >= 15 is 0 Å². The Labute approximate surface area is 214 Å². The number of anilines is 1. The normalized spacial score (nSPS) is 16.5. The van der Waals surface area contributed by atoms with Crippen LogP contribution in [0.5, 0.6) is 11.5 Å². The summed E-state index contributed by atoms with van der Waals surface area (Å²) in [6, 6.07) is 21.8. The summed E-state index contributed by atoms with van der Waals surface area (Å²) >= 11 is 0. The van der Waals surface area contributed by atoms with Crippen LogP contribution in [0.25, 0.3) is 0 Å². The Hall–Kier alpha value is -4.66. The van der Waals surface area contributed by atoms with Crippen molar-refractivity contribution >= 4 is 29.1 Å². The first-order valence-corrected chi connectivity index (χ1v) is 11.8. The highest BCUT2D eigenvalue weighted by atomic mass is 16.5. The maximum atomic E-state index is 13.3. The number of aromatic hydroxyl groups is 1. The lowest BCUT2D eigenvalue weighted by Crippen LogP contribution is -2.53. The van der Waals surface area contributed by atoms with Gasteiger partial charge in [0.25, 0.3) is 11.8 Å². The Morgan fingerprint density at radius 1 is 0.946 bits per heavy atom. The summed E-state index contributed by atoms with van der Waals surface area (Å²) in [5, 5.41) is 14.7. The number of nitrogens with zero attached hydrogens (tertiary/aromatic N) is 2. The van der Waals surface area contributed by atoms with E-state index in [1.54, 1.807) is 14.0 Å². The number of aliphatic imine (C=N–C) groups is 1. The van der Waals surface area contributed by atoms with Crippen molar-refractivity contribution < 1.29 is 24.2 Å². The number of carbonyl (C=O) groups excluding carboxylic acids is 3. The average Bonchev–Trinajstić information content (AvgIpc) is 3.01. The maximum Gasteiger partial charge on any atom is 0.272 e. The molecule has 37 heavy (non-hydrogen) atoms. The molecular formula is C28H28N4O5. The van der Waals surface area contributed by atoms with Gasteiger partial charge >= 0.3 is 0 Å². The fraction of sp³-hybridized carbons (Fsp3) is 0.214. The van der Waals surface area contributed by atoms with Crippen molar-refractivity contribution in [3.8, 4) is 11.5 Å². The van der Waals surface area contributed by atoms with Gasteiger partial charge in [-0.15, -0.1) is 0 Å². The Kier molecular flexibility index (Phi) is 7.52. The molecule has 3 atom stereocenters. The van der Waals surface area contributed by atoms with Gasteiger partial charge in [-0.2, -0.15) is 0 Å². The number of fused-ring (bicyclic) bond motifs is 1. The number of carbonyl (C=O) groups is 3. The lowest BCUT2D eigenvalue weighted by atomic mass is 10.0. The number of phenols is 1. The van der Waals surface area contributed by atoms with Crippen LogP contribution in [-0.2, 0) is 14.4 Å². The smallest absolute Gasteiger partial charge is 0.272 e. The number of benzodiazepines with no additional fused rings is 1. The summed E-state index contributed by atoms with van der Waals surface area (Å²) in [6.45, 7) is 3.06. The van der Waals surface area contributed by atoms with Gasteiger partial charge < -0.3 is 25.4 Å². The molecule has 190 valence electrons. The number of hydrogen-bond acceptors (Lipinski definition) is 6. The maximum absolute atomic E-state index is 13.3. The SMILES string of the molecule is CC(Oc1ccc(O)cc1)C(=O)N[C@@H](C)C(=O)NC1N=C(c2ccccc2)c2ccccc2N(C)C1=O. The first-order chi connectivity index (χ1) is 17.7. The van der Waals surface area contributed by atoms with Crippen molar-refractivity contribution in [1.29, 1.82) is 0 Å². The van der Waals surface area contributed by atoms with E-state index in [0.29, 0.717) is 17.1 Å². The molecule has 0 aromatic heterocycles. The highest BCUT2D eigenvalue weighted by Crippen LogP contribution is 2.27. The van der Waals surface area contributed by atoms with Crippen LogP contribution in [0.2, 0.25) is 0 Å². The molecule has 0 aliphatic carbocycles. The van der Waals surface area contributed by atoms with Crippen LogP contribution in [0.1, 0.15) is 25.0 Å². The van der Waals surface area contributed by atoms with E-state index in [2.05, 4.69) is 15.6 Å². The Morgan fingerprint density at radius 3 is 2.30 bits per heavy atom. The highest BCUT2D eigenvalue weighted by molar-refractivity contribution is 6.20. The predicted molar refractivity (Wildman–Crippen MR) is 140 cm³/mol. The summed E-state index contributed by atoms with van der Waals surface area (Å²) in [5.41, 5.74) is 2.82. The molecule has 1 aliphatic heterocycles. The van der Waals surface area contributed by atoms with Crippen molar-refractivity contribution in [3.63, 3.8) is 0 Å². The Morgan fingerprint density at radius 2 is 1.59 bits per heavy atom. The van der Waals surface area contributed by atoms with Crippen molar-refractivity contribution in [2.75, 3.05) is 11.9 Å². The van der Waals surface area contributed by atoms with E-state index < -0.39 is 36.0 Å². The number of benzene rings is 3. The van der Waals surface area contributed by atoms with E-state index in [1.165, 1.54) is 36.1 Å². The lowest BCUT2D eigenvalue weighted by Gasteiger charge is -2.23. The molecule has 0 bridgehead atoms. The molecule has 9 nitrogen and oxygen atoms in total. The first kappa shape index (κ1) is 25.4. The van der Waals surface area contributed by atoms with Crippen molar-refractivity contribution in [1.82, 2.24) is 10.6 Å². The van der Waals surface area contributed by atoms with E-state index in [0.717, 1.165) is 11.1 Å². The zero-order valence-corrected chi connectivity index (χ0v) is 20.7. The van der Waals surface area contributed by atoms with Crippen LogP contribution in [0.3, 0.4) is 0 Å². The number of amides is 3. The van der Waals surface area contributed by atoms with Crippen LogP contribution < -0.4 is 20.3 Å². The average molecular weight is 501 g/mol. The Balaban J connectivity index is 1.50. The molecule has 1 aliphatic rings. The van der Waals surface area contributed by atoms with Gasteiger partial charge in [-0.05, 0) is 44.2 Å². The molecule has 1 heterocycles. The molecule has 0 radical (unpaired) electrons. The largest absolute Gasteiger partial charge is 0.508 e. The molecule has 4 rings (SSSR count). The summed E-state index contributed by atoms with van der Waals surface area (Å²) < 4.78 is 5.57. The van der Waals surface area contributed by atoms with E-state index in [-0.39, 0.29) is 5.75 Å². The highest BCUT2D eigenvalue weighted by Gasteiger charge is 2.32. The second-order valence-electron chi connectivity index (χ2n) is 8.65. The fourth-order valence-electron chi connectivity index (χ4n) is 3.88. The van der Waals surface area contributed by atoms with Gasteiger partial charge in [-0.3, -0.25) is 14.4 Å². The zero-order valence-electron chi connectivity index (χ0n) is 20.7. The van der Waals surface area contributed by atoms with Crippen LogP contribution in [0.15, 0.2) is 83.9 Å². The quantitative estimate of drug-likeness (QED) is 0.461.